The zero-order chi connectivity index (χ0) is 18.7. The van der Waals surface area contributed by atoms with Gasteiger partial charge in [-0.15, -0.1) is 11.3 Å². The summed E-state index contributed by atoms with van der Waals surface area (Å²) in [7, 11) is 0. The Hall–Kier alpha value is -2.18. The van der Waals surface area contributed by atoms with Gasteiger partial charge in [0.2, 0.25) is 0 Å². The van der Waals surface area contributed by atoms with Crippen LogP contribution in [0.15, 0.2) is 24.3 Å². The molecule has 1 aromatic carbocycles. The van der Waals surface area contributed by atoms with Crippen molar-refractivity contribution >= 4 is 28.2 Å². The van der Waals surface area contributed by atoms with E-state index in [1.54, 1.807) is 6.92 Å². The van der Waals surface area contributed by atoms with Crippen LogP contribution in [0.25, 0.3) is 0 Å². The lowest BCUT2D eigenvalue weighted by molar-refractivity contribution is 0.0524. The van der Waals surface area contributed by atoms with Crippen molar-refractivity contribution < 1.29 is 19.1 Å². The zero-order valence-electron chi connectivity index (χ0n) is 15.3. The minimum atomic E-state index is -0.389. The Labute approximate surface area is 157 Å². The Morgan fingerprint density at radius 2 is 2.08 bits per heavy atom. The fraction of sp³-hybridized carbons (Fsp3) is 0.400. The summed E-state index contributed by atoms with van der Waals surface area (Å²) in [4.78, 5) is 26.4. The SMILES string of the molecule is CCOC(=O)c1c(NC(=O)c2ccccc2C(C)C)sc2c1CCOC2. The van der Waals surface area contributed by atoms with E-state index in [2.05, 4.69) is 19.2 Å². The highest BCUT2D eigenvalue weighted by atomic mass is 32.1. The van der Waals surface area contributed by atoms with E-state index in [1.165, 1.54) is 11.3 Å². The van der Waals surface area contributed by atoms with Gasteiger partial charge in [-0.25, -0.2) is 4.79 Å². The Morgan fingerprint density at radius 1 is 1.31 bits per heavy atom. The van der Waals surface area contributed by atoms with Crippen LogP contribution in [0.2, 0.25) is 0 Å². The summed E-state index contributed by atoms with van der Waals surface area (Å²) in [6, 6.07) is 7.54. The van der Waals surface area contributed by atoms with Gasteiger partial charge >= 0.3 is 5.97 Å². The second kappa shape index (κ2) is 8.01. The maximum Gasteiger partial charge on any atom is 0.341 e. The van der Waals surface area contributed by atoms with Gasteiger partial charge in [0.25, 0.3) is 5.91 Å². The van der Waals surface area contributed by atoms with Gasteiger partial charge in [-0.1, -0.05) is 32.0 Å². The van der Waals surface area contributed by atoms with E-state index in [0.29, 0.717) is 42.4 Å². The summed E-state index contributed by atoms with van der Waals surface area (Å²) in [5.74, 6) is -0.370. The van der Waals surface area contributed by atoms with Crippen LogP contribution < -0.4 is 5.32 Å². The minimum Gasteiger partial charge on any atom is -0.462 e. The summed E-state index contributed by atoms with van der Waals surface area (Å²) in [5.41, 5.74) is 3.02. The smallest absolute Gasteiger partial charge is 0.341 e. The van der Waals surface area contributed by atoms with Crippen molar-refractivity contribution in [1.29, 1.82) is 0 Å². The molecule has 5 nitrogen and oxygen atoms in total. The number of benzene rings is 1. The van der Waals surface area contributed by atoms with E-state index in [-0.39, 0.29) is 17.8 Å². The van der Waals surface area contributed by atoms with Crippen molar-refractivity contribution in [2.24, 2.45) is 0 Å². The first-order chi connectivity index (χ1) is 12.5. The molecule has 3 rings (SSSR count). The Kier molecular flexibility index (Phi) is 5.74. The minimum absolute atomic E-state index is 0.209. The van der Waals surface area contributed by atoms with Crippen LogP contribution in [-0.2, 0) is 22.5 Å². The molecule has 0 atom stereocenters. The number of esters is 1. The molecule has 1 amide bonds. The number of ether oxygens (including phenoxy) is 2. The fourth-order valence-corrected chi connectivity index (χ4v) is 4.29. The monoisotopic (exact) mass is 373 g/mol. The molecule has 0 unspecified atom stereocenters. The normalized spacial score (nSPS) is 13.4. The van der Waals surface area contributed by atoms with Crippen LogP contribution in [0, 0.1) is 0 Å². The molecule has 1 aliphatic rings. The summed E-state index contributed by atoms with van der Waals surface area (Å²) in [6.07, 6.45) is 0.651. The number of nitrogens with one attached hydrogen (secondary N) is 1. The predicted molar refractivity (Wildman–Crippen MR) is 102 cm³/mol. The van der Waals surface area contributed by atoms with Crippen LogP contribution in [-0.4, -0.2) is 25.1 Å². The molecule has 0 saturated heterocycles. The Bertz CT molecular complexity index is 825. The molecule has 1 aliphatic heterocycles. The largest absolute Gasteiger partial charge is 0.462 e. The van der Waals surface area contributed by atoms with Crippen LogP contribution in [0.4, 0.5) is 5.00 Å². The Morgan fingerprint density at radius 3 is 2.81 bits per heavy atom. The predicted octanol–water partition coefficient (Wildman–Crippen LogP) is 4.37. The summed E-state index contributed by atoms with van der Waals surface area (Å²) in [6.45, 7) is 7.21. The van der Waals surface area contributed by atoms with E-state index in [9.17, 15) is 9.59 Å². The fourth-order valence-electron chi connectivity index (χ4n) is 3.12. The van der Waals surface area contributed by atoms with Crippen LogP contribution in [0.5, 0.6) is 0 Å². The molecule has 1 N–H and O–H groups in total. The molecule has 0 spiro atoms. The molecule has 0 bridgehead atoms. The molecule has 1 aromatic heterocycles. The molecule has 26 heavy (non-hydrogen) atoms. The van der Waals surface area contributed by atoms with Gasteiger partial charge in [-0.3, -0.25) is 4.79 Å². The molecule has 0 saturated carbocycles. The molecule has 0 aliphatic carbocycles. The van der Waals surface area contributed by atoms with E-state index in [1.807, 2.05) is 24.3 Å². The molecular formula is C20H23NO4S. The summed E-state index contributed by atoms with van der Waals surface area (Å²) >= 11 is 1.40. The molecule has 138 valence electrons. The number of anilines is 1. The molecular weight excluding hydrogens is 350 g/mol. The van der Waals surface area contributed by atoms with Gasteiger partial charge < -0.3 is 14.8 Å². The quantitative estimate of drug-likeness (QED) is 0.790. The van der Waals surface area contributed by atoms with Crippen LogP contribution >= 0.6 is 11.3 Å². The van der Waals surface area contributed by atoms with Gasteiger partial charge in [0.1, 0.15) is 5.00 Å². The van der Waals surface area contributed by atoms with Crippen molar-refractivity contribution in [3.05, 3.63) is 51.4 Å². The number of carbonyl (C=O) groups excluding carboxylic acids is 2. The zero-order valence-corrected chi connectivity index (χ0v) is 16.1. The average Bonchev–Trinajstić information content (AvgIpc) is 2.99. The van der Waals surface area contributed by atoms with Gasteiger partial charge in [-0.05, 0) is 36.5 Å². The van der Waals surface area contributed by atoms with Crippen LogP contribution in [0.3, 0.4) is 0 Å². The van der Waals surface area contributed by atoms with Crippen molar-refractivity contribution in [1.82, 2.24) is 0 Å². The van der Waals surface area contributed by atoms with Crippen molar-refractivity contribution in [3.8, 4) is 0 Å². The van der Waals surface area contributed by atoms with Crippen molar-refractivity contribution in [3.63, 3.8) is 0 Å². The third-order valence-electron chi connectivity index (χ3n) is 4.35. The topological polar surface area (TPSA) is 64.6 Å². The highest BCUT2D eigenvalue weighted by molar-refractivity contribution is 7.17. The number of amides is 1. The highest BCUT2D eigenvalue weighted by Gasteiger charge is 2.28. The lowest BCUT2D eigenvalue weighted by Gasteiger charge is -2.14. The first-order valence-electron chi connectivity index (χ1n) is 8.82. The standard InChI is InChI=1S/C20H23NO4S/c1-4-25-20(23)17-15-9-10-24-11-16(15)26-19(17)21-18(22)14-8-6-5-7-13(14)12(2)3/h5-8,12H,4,9-11H2,1-3H3,(H,21,22). The second-order valence-electron chi connectivity index (χ2n) is 6.43. The lowest BCUT2D eigenvalue weighted by atomic mass is 9.97. The molecule has 0 fully saturated rings. The number of hydrogen-bond acceptors (Lipinski definition) is 5. The van der Waals surface area contributed by atoms with Gasteiger partial charge in [0, 0.05) is 10.4 Å². The number of hydrogen-bond donors (Lipinski definition) is 1. The molecule has 2 aromatic rings. The van der Waals surface area contributed by atoms with E-state index in [4.69, 9.17) is 9.47 Å². The second-order valence-corrected chi connectivity index (χ2v) is 7.53. The maximum absolute atomic E-state index is 12.9. The Balaban J connectivity index is 1.96. The first kappa shape index (κ1) is 18.6. The highest BCUT2D eigenvalue weighted by Crippen LogP contribution is 2.37. The van der Waals surface area contributed by atoms with Crippen molar-refractivity contribution in [2.45, 2.75) is 39.7 Å². The van der Waals surface area contributed by atoms with E-state index >= 15 is 0 Å². The van der Waals surface area contributed by atoms with Gasteiger partial charge in [-0.2, -0.15) is 0 Å². The third-order valence-corrected chi connectivity index (χ3v) is 5.48. The van der Waals surface area contributed by atoms with Crippen molar-refractivity contribution in [2.75, 3.05) is 18.5 Å². The molecule has 0 radical (unpaired) electrons. The van der Waals surface area contributed by atoms with Crippen LogP contribution in [0.1, 0.15) is 63.4 Å². The number of fused-ring (bicyclic) bond motifs is 1. The molecule has 2 heterocycles. The van der Waals surface area contributed by atoms with Gasteiger partial charge in [0.15, 0.2) is 0 Å². The van der Waals surface area contributed by atoms with Gasteiger partial charge in [0.05, 0.1) is 25.4 Å². The first-order valence-corrected chi connectivity index (χ1v) is 9.64. The summed E-state index contributed by atoms with van der Waals surface area (Å²) in [5, 5.41) is 3.49. The number of thiophene rings is 1. The lowest BCUT2D eigenvalue weighted by Crippen LogP contribution is -2.18. The maximum atomic E-state index is 12.9. The third kappa shape index (κ3) is 3.66. The average molecular weight is 373 g/mol. The van der Waals surface area contributed by atoms with E-state index < -0.39 is 0 Å². The number of carbonyl (C=O) groups is 2. The summed E-state index contributed by atoms with van der Waals surface area (Å²) < 4.78 is 10.7. The number of rotatable bonds is 5. The molecule has 6 heteroatoms. The van der Waals surface area contributed by atoms with E-state index in [0.717, 1.165) is 16.0 Å².